The van der Waals surface area contributed by atoms with Crippen LogP contribution < -0.4 is 5.69 Å². The first-order valence-corrected chi connectivity index (χ1v) is 13.4. The number of imidazole rings is 1. The minimum atomic E-state index is -0.0897. The third-order valence-electron chi connectivity index (χ3n) is 6.63. The summed E-state index contributed by atoms with van der Waals surface area (Å²) in [7, 11) is 0. The molecule has 0 bridgehead atoms. The van der Waals surface area contributed by atoms with E-state index >= 15 is 0 Å². The lowest BCUT2D eigenvalue weighted by molar-refractivity contribution is 0.672. The Kier molecular flexibility index (Phi) is 7.79. The molecule has 1 N–H and O–H groups in total. The Labute approximate surface area is 226 Å². The maximum atomic E-state index is 13.8. The molecule has 0 spiro atoms. The van der Waals surface area contributed by atoms with Gasteiger partial charge in [0.15, 0.2) is 0 Å². The van der Waals surface area contributed by atoms with Crippen molar-refractivity contribution in [2.75, 3.05) is 0 Å². The molecule has 0 atom stereocenters. The highest BCUT2D eigenvalue weighted by molar-refractivity contribution is 6.32. The van der Waals surface area contributed by atoms with Crippen molar-refractivity contribution in [3.05, 3.63) is 99.3 Å². The first-order chi connectivity index (χ1) is 18.6. The molecule has 9 heteroatoms. The third-order valence-corrected chi connectivity index (χ3v) is 6.94. The van der Waals surface area contributed by atoms with E-state index in [-0.39, 0.29) is 5.69 Å². The molecular weight excluding hydrogens is 498 g/mol. The van der Waals surface area contributed by atoms with Crippen LogP contribution in [0.5, 0.6) is 0 Å². The summed E-state index contributed by atoms with van der Waals surface area (Å²) in [6, 6.07) is 17.6. The van der Waals surface area contributed by atoms with E-state index in [0.29, 0.717) is 17.4 Å². The van der Waals surface area contributed by atoms with E-state index in [2.05, 4.69) is 40.5 Å². The molecule has 0 saturated heterocycles. The van der Waals surface area contributed by atoms with Gasteiger partial charge in [-0.25, -0.2) is 4.79 Å². The Morgan fingerprint density at radius 3 is 2.50 bits per heavy atom. The van der Waals surface area contributed by atoms with Crippen LogP contribution in [0.25, 0.3) is 28.3 Å². The lowest BCUT2D eigenvalue weighted by atomic mass is 10.0. The highest BCUT2D eigenvalue weighted by Gasteiger charge is 2.18. The minimum Gasteiger partial charge on any atom is -0.292 e. The van der Waals surface area contributed by atoms with E-state index in [1.54, 1.807) is 4.57 Å². The number of H-pyrrole nitrogens is 1. The molecule has 5 aromatic rings. The van der Waals surface area contributed by atoms with Crippen LogP contribution in [0.2, 0.25) is 5.02 Å². The Morgan fingerprint density at radius 1 is 0.947 bits per heavy atom. The Bertz CT molecular complexity index is 1570. The number of para-hydroxylation sites is 1. The first-order valence-electron chi connectivity index (χ1n) is 13.0. The summed E-state index contributed by atoms with van der Waals surface area (Å²) in [6.45, 7) is 4.71. The van der Waals surface area contributed by atoms with E-state index in [1.165, 1.54) is 0 Å². The molecule has 0 aliphatic heterocycles. The second-order valence-electron chi connectivity index (χ2n) is 9.29. The van der Waals surface area contributed by atoms with Crippen molar-refractivity contribution in [1.29, 1.82) is 0 Å². The average Bonchev–Trinajstić information content (AvgIpc) is 3.58. The van der Waals surface area contributed by atoms with E-state index in [0.717, 1.165) is 71.4 Å². The summed E-state index contributed by atoms with van der Waals surface area (Å²) in [5.41, 5.74) is 6.26. The summed E-state index contributed by atoms with van der Waals surface area (Å²) in [4.78, 5) is 18.5. The van der Waals surface area contributed by atoms with Crippen LogP contribution in [0.3, 0.4) is 0 Å². The van der Waals surface area contributed by atoms with Crippen LogP contribution in [-0.4, -0.2) is 34.7 Å². The molecule has 0 aliphatic rings. The zero-order chi connectivity index (χ0) is 26.5. The molecule has 0 saturated carbocycles. The normalized spacial score (nSPS) is 11.2. The molecule has 194 valence electrons. The van der Waals surface area contributed by atoms with Gasteiger partial charge in [0.05, 0.1) is 22.9 Å². The SMILES string of the molecule is CCCCc1cn(-c2c(Cl)cccc2CCC)c(=O)n1Cc1ccc(-c2ccccc2-c2nn[nH]n2)nc1. The number of unbranched alkanes of at least 4 members (excludes halogenated alkanes) is 1. The largest absolute Gasteiger partial charge is 0.333 e. The van der Waals surface area contributed by atoms with Gasteiger partial charge in [-0.05, 0) is 47.7 Å². The van der Waals surface area contributed by atoms with E-state index in [1.807, 2.05) is 65.5 Å². The van der Waals surface area contributed by atoms with Gasteiger partial charge in [0.25, 0.3) is 0 Å². The number of halogens is 1. The predicted octanol–water partition coefficient (Wildman–Crippen LogP) is 5.88. The summed E-state index contributed by atoms with van der Waals surface area (Å²) in [5.74, 6) is 0.516. The van der Waals surface area contributed by atoms with Crippen molar-refractivity contribution in [3.8, 4) is 28.3 Å². The van der Waals surface area contributed by atoms with Crippen LogP contribution in [-0.2, 0) is 19.4 Å². The average molecular weight is 528 g/mol. The number of aryl methyl sites for hydroxylation is 2. The Hall–Kier alpha value is -4.04. The van der Waals surface area contributed by atoms with Crippen molar-refractivity contribution < 1.29 is 0 Å². The second kappa shape index (κ2) is 11.6. The lowest BCUT2D eigenvalue weighted by Crippen LogP contribution is -2.25. The van der Waals surface area contributed by atoms with Gasteiger partial charge >= 0.3 is 5.69 Å². The summed E-state index contributed by atoms with van der Waals surface area (Å²) >= 11 is 6.63. The molecule has 0 fully saturated rings. The Morgan fingerprint density at radius 2 is 1.79 bits per heavy atom. The van der Waals surface area contributed by atoms with Gasteiger partial charge in [0.2, 0.25) is 5.82 Å². The number of nitrogens with zero attached hydrogens (tertiary/aromatic N) is 6. The van der Waals surface area contributed by atoms with Gasteiger partial charge in [-0.15, -0.1) is 10.2 Å². The van der Waals surface area contributed by atoms with Crippen LogP contribution in [0.4, 0.5) is 0 Å². The zero-order valence-electron chi connectivity index (χ0n) is 21.6. The van der Waals surface area contributed by atoms with E-state index in [9.17, 15) is 4.79 Å². The van der Waals surface area contributed by atoms with Gasteiger partial charge < -0.3 is 0 Å². The molecule has 38 heavy (non-hydrogen) atoms. The number of aromatic amines is 1. The van der Waals surface area contributed by atoms with Crippen molar-refractivity contribution in [2.24, 2.45) is 0 Å². The maximum Gasteiger partial charge on any atom is 0.333 e. The fraction of sp³-hybridized carbons (Fsp3) is 0.276. The summed E-state index contributed by atoms with van der Waals surface area (Å²) in [5, 5.41) is 15.0. The van der Waals surface area contributed by atoms with Gasteiger partial charge in [-0.3, -0.25) is 14.1 Å². The number of nitrogens with one attached hydrogen (secondary N) is 1. The number of hydrogen-bond donors (Lipinski definition) is 1. The quantitative estimate of drug-likeness (QED) is 0.245. The first kappa shape index (κ1) is 25.6. The number of aromatic nitrogens is 7. The molecule has 2 aromatic carbocycles. The third kappa shape index (κ3) is 5.17. The number of rotatable bonds is 10. The van der Waals surface area contributed by atoms with Gasteiger partial charge in [-0.1, -0.05) is 80.8 Å². The van der Waals surface area contributed by atoms with Crippen molar-refractivity contribution in [2.45, 2.75) is 52.5 Å². The molecule has 0 aliphatic carbocycles. The highest BCUT2D eigenvalue weighted by Crippen LogP contribution is 2.29. The standard InChI is InChI=1S/C29H30ClN7O/c1-3-5-11-22-19-37(27-21(9-4-2)10-8-14-25(27)30)29(38)36(22)18-20-15-16-26(31-17-20)23-12-6-7-13-24(23)28-32-34-35-33-28/h6-8,10,12-17,19H,3-5,9,11,18H2,1-2H3,(H,32,33,34,35). The number of tetrazole rings is 1. The van der Waals surface area contributed by atoms with Gasteiger partial charge in [0.1, 0.15) is 0 Å². The Balaban J connectivity index is 1.50. The smallest absolute Gasteiger partial charge is 0.292 e. The summed E-state index contributed by atoms with van der Waals surface area (Å²) in [6.07, 6.45) is 8.47. The maximum absolute atomic E-state index is 13.8. The van der Waals surface area contributed by atoms with Crippen LogP contribution in [0, 0.1) is 0 Å². The van der Waals surface area contributed by atoms with Crippen LogP contribution in [0.15, 0.2) is 71.8 Å². The topological polar surface area (TPSA) is 94.3 Å². The predicted molar refractivity (Wildman–Crippen MR) is 150 cm³/mol. The van der Waals surface area contributed by atoms with Crippen LogP contribution in [0.1, 0.15) is 49.9 Å². The molecular formula is C29H30ClN7O. The van der Waals surface area contributed by atoms with E-state index in [4.69, 9.17) is 16.6 Å². The van der Waals surface area contributed by atoms with Gasteiger partial charge in [-0.2, -0.15) is 5.21 Å². The fourth-order valence-corrected chi connectivity index (χ4v) is 5.04. The molecule has 0 radical (unpaired) electrons. The summed E-state index contributed by atoms with van der Waals surface area (Å²) < 4.78 is 3.57. The van der Waals surface area contributed by atoms with Crippen molar-refractivity contribution in [3.63, 3.8) is 0 Å². The molecule has 3 heterocycles. The highest BCUT2D eigenvalue weighted by atomic mass is 35.5. The van der Waals surface area contributed by atoms with Crippen molar-refractivity contribution >= 4 is 11.6 Å². The molecule has 3 aromatic heterocycles. The fourth-order valence-electron chi connectivity index (χ4n) is 4.75. The zero-order valence-corrected chi connectivity index (χ0v) is 22.3. The number of pyridine rings is 1. The molecule has 0 unspecified atom stereocenters. The molecule has 0 amide bonds. The number of hydrogen-bond acceptors (Lipinski definition) is 5. The van der Waals surface area contributed by atoms with Crippen LogP contribution >= 0.6 is 11.6 Å². The van der Waals surface area contributed by atoms with E-state index < -0.39 is 0 Å². The van der Waals surface area contributed by atoms with Crippen molar-refractivity contribution in [1.82, 2.24) is 34.7 Å². The number of benzene rings is 2. The monoisotopic (exact) mass is 527 g/mol. The second-order valence-corrected chi connectivity index (χ2v) is 9.70. The lowest BCUT2D eigenvalue weighted by Gasteiger charge is -2.11. The van der Waals surface area contributed by atoms with Gasteiger partial charge in [0, 0.05) is 29.2 Å². The molecule has 5 rings (SSSR count). The molecule has 8 nitrogen and oxygen atoms in total. The minimum absolute atomic E-state index is 0.0897.